The summed E-state index contributed by atoms with van der Waals surface area (Å²) in [5.74, 6) is 0. The number of hydrogen-bond acceptors (Lipinski definition) is 5. The summed E-state index contributed by atoms with van der Waals surface area (Å²) in [6.45, 7) is 0. The molecule has 73 valence electrons. The van der Waals surface area contributed by atoms with Crippen LogP contribution in [0.1, 0.15) is 0 Å². The SMILES string of the molecule is S[c-]1nnnn1.[Ag].[c-]1ccccc1. The van der Waals surface area contributed by atoms with Gasteiger partial charge in [-0.1, -0.05) is 15.6 Å². The maximum absolute atomic E-state index is 3.69. The second-order valence-corrected chi connectivity index (χ2v) is 2.16. The third kappa shape index (κ3) is 6.53. The molecule has 0 spiro atoms. The minimum Gasteiger partial charge on any atom is -0.300 e. The quantitative estimate of drug-likeness (QED) is 0.441. The zero-order valence-corrected chi connectivity index (χ0v) is 8.80. The van der Waals surface area contributed by atoms with Gasteiger partial charge in [-0.3, -0.25) is 22.8 Å². The third-order valence-corrected chi connectivity index (χ3v) is 1.09. The van der Waals surface area contributed by atoms with Crippen molar-refractivity contribution in [2.75, 3.05) is 0 Å². The standard InChI is InChI=1S/C6H5.CHN4S.Ag/c1-2-4-6-5-3-1;6-1-2-4-5-3-1;/h1-5H;6H;/q2*-1;. The molecule has 4 nitrogen and oxygen atoms in total. The Morgan fingerprint density at radius 3 is 1.69 bits per heavy atom. The van der Waals surface area contributed by atoms with E-state index in [2.05, 4.69) is 39.3 Å². The maximum atomic E-state index is 3.69. The Labute approximate surface area is 97.1 Å². The minimum atomic E-state index is 0. The third-order valence-electron chi connectivity index (χ3n) is 0.915. The topological polar surface area (TPSA) is 51.6 Å². The smallest absolute Gasteiger partial charge is 0 e. The Hall–Kier alpha value is -0.620. The number of benzene rings is 1. The number of nitrogens with zero attached hydrogens (tertiary/aromatic N) is 4. The molecule has 0 aliphatic carbocycles. The molecule has 0 N–H and O–H groups in total. The van der Waals surface area contributed by atoms with Crippen LogP contribution in [-0.2, 0) is 22.4 Å². The summed E-state index contributed by atoms with van der Waals surface area (Å²) < 4.78 is 0. The summed E-state index contributed by atoms with van der Waals surface area (Å²) in [5, 5.41) is 13.2. The molecule has 0 fully saturated rings. The van der Waals surface area contributed by atoms with Crippen LogP contribution in [0.15, 0.2) is 35.5 Å². The second-order valence-electron chi connectivity index (χ2n) is 1.76. The van der Waals surface area contributed by atoms with Crippen molar-refractivity contribution in [2.45, 2.75) is 5.16 Å². The van der Waals surface area contributed by atoms with Crippen LogP contribution in [0.25, 0.3) is 0 Å². The predicted octanol–water partition coefficient (Wildman–Crippen LogP) is 0.758. The van der Waals surface area contributed by atoms with Crippen molar-refractivity contribution in [3.05, 3.63) is 36.4 Å². The molecule has 1 radical (unpaired) electrons. The molecule has 13 heavy (non-hydrogen) atoms. The van der Waals surface area contributed by atoms with E-state index in [9.17, 15) is 0 Å². The van der Waals surface area contributed by atoms with Crippen molar-refractivity contribution in [1.29, 1.82) is 0 Å². The van der Waals surface area contributed by atoms with Gasteiger partial charge in [0.25, 0.3) is 0 Å². The van der Waals surface area contributed by atoms with Crippen LogP contribution < -0.4 is 0 Å². The first-order chi connectivity index (χ1) is 5.89. The van der Waals surface area contributed by atoms with Gasteiger partial charge in [-0.25, -0.2) is 0 Å². The molecule has 2 rings (SSSR count). The van der Waals surface area contributed by atoms with Gasteiger partial charge in [0.1, 0.15) is 0 Å². The number of hydrogen-bond donors (Lipinski definition) is 1. The van der Waals surface area contributed by atoms with Gasteiger partial charge in [-0.2, -0.15) is 36.4 Å². The summed E-state index contributed by atoms with van der Waals surface area (Å²) in [4.78, 5) is 0. The Balaban J connectivity index is 0.000000206. The molecular weight excluding hydrogens is 280 g/mol. The number of aromatic nitrogens is 4. The molecule has 0 atom stereocenters. The molecular formula is C7H6AgN4S-2. The van der Waals surface area contributed by atoms with Crippen LogP contribution >= 0.6 is 12.6 Å². The number of tetrazole rings is 1. The van der Waals surface area contributed by atoms with Crippen LogP contribution in [-0.4, -0.2) is 20.6 Å². The van der Waals surface area contributed by atoms with E-state index in [-0.39, 0.29) is 22.4 Å². The van der Waals surface area contributed by atoms with Gasteiger partial charge in [0.2, 0.25) is 0 Å². The molecule has 0 bridgehead atoms. The second kappa shape index (κ2) is 8.00. The van der Waals surface area contributed by atoms with E-state index >= 15 is 0 Å². The van der Waals surface area contributed by atoms with Gasteiger partial charge in [-0.05, 0) is 0 Å². The van der Waals surface area contributed by atoms with Gasteiger partial charge < -0.3 is 0 Å². The van der Waals surface area contributed by atoms with E-state index in [0.29, 0.717) is 5.16 Å². The van der Waals surface area contributed by atoms with Crippen molar-refractivity contribution in [2.24, 2.45) is 0 Å². The Kier molecular flexibility index (Phi) is 7.62. The summed E-state index contributed by atoms with van der Waals surface area (Å²) in [6.07, 6.45) is 0. The van der Waals surface area contributed by atoms with Crippen LogP contribution in [0.2, 0.25) is 0 Å². The Morgan fingerprint density at radius 2 is 1.54 bits per heavy atom. The molecule has 0 aliphatic heterocycles. The van der Waals surface area contributed by atoms with Crippen molar-refractivity contribution in [3.8, 4) is 0 Å². The van der Waals surface area contributed by atoms with Crippen LogP contribution in [0.4, 0.5) is 0 Å². The van der Waals surface area contributed by atoms with E-state index in [1.54, 1.807) is 0 Å². The molecule has 0 saturated heterocycles. The first-order valence-corrected chi connectivity index (χ1v) is 3.63. The van der Waals surface area contributed by atoms with Crippen LogP contribution in [0.5, 0.6) is 0 Å². The molecule has 0 aliphatic rings. The first kappa shape index (κ1) is 12.4. The fourth-order valence-electron chi connectivity index (χ4n) is 0.482. The Bertz CT molecular complexity index is 260. The van der Waals surface area contributed by atoms with Crippen LogP contribution in [0.3, 0.4) is 0 Å². The van der Waals surface area contributed by atoms with Gasteiger partial charge in [0.15, 0.2) is 0 Å². The fraction of sp³-hybridized carbons (Fsp3) is 0. The zero-order valence-electron chi connectivity index (χ0n) is 6.42. The van der Waals surface area contributed by atoms with Crippen molar-refractivity contribution in [3.63, 3.8) is 0 Å². The van der Waals surface area contributed by atoms with Crippen molar-refractivity contribution >= 4 is 12.6 Å². The van der Waals surface area contributed by atoms with E-state index in [1.807, 2.05) is 30.3 Å². The number of rotatable bonds is 0. The summed E-state index contributed by atoms with van der Waals surface area (Å²) in [7, 11) is 0. The fourth-order valence-corrected chi connectivity index (χ4v) is 0.562. The molecule has 1 aromatic heterocycles. The van der Waals surface area contributed by atoms with E-state index in [0.717, 1.165) is 0 Å². The molecule has 0 saturated carbocycles. The largest absolute Gasteiger partial charge is 0.300 e. The zero-order chi connectivity index (χ0) is 8.65. The van der Waals surface area contributed by atoms with Gasteiger partial charge in [-0.15, -0.1) is 0 Å². The average molecular weight is 286 g/mol. The van der Waals surface area contributed by atoms with E-state index in [1.165, 1.54) is 0 Å². The summed E-state index contributed by atoms with van der Waals surface area (Å²) in [6, 6.07) is 12.5. The molecule has 1 aromatic carbocycles. The van der Waals surface area contributed by atoms with Crippen molar-refractivity contribution in [1.82, 2.24) is 20.6 Å². The monoisotopic (exact) mass is 285 g/mol. The molecule has 1 heterocycles. The Morgan fingerprint density at radius 1 is 1.00 bits per heavy atom. The number of thiol groups is 1. The summed E-state index contributed by atoms with van der Waals surface area (Å²) >= 11 is 3.69. The van der Waals surface area contributed by atoms with Crippen LogP contribution in [0, 0.1) is 6.07 Å². The van der Waals surface area contributed by atoms with Gasteiger partial charge in [0, 0.05) is 22.4 Å². The molecule has 6 heteroatoms. The molecule has 0 unspecified atom stereocenters. The summed E-state index contributed by atoms with van der Waals surface area (Å²) in [5.41, 5.74) is 0. The molecule has 0 amide bonds. The first-order valence-electron chi connectivity index (χ1n) is 3.18. The average Bonchev–Trinajstić information content (AvgIpc) is 2.60. The van der Waals surface area contributed by atoms with Gasteiger partial charge >= 0.3 is 0 Å². The van der Waals surface area contributed by atoms with E-state index < -0.39 is 0 Å². The predicted molar refractivity (Wildman–Crippen MR) is 45.7 cm³/mol. The molecule has 2 aromatic rings. The van der Waals surface area contributed by atoms with Crippen molar-refractivity contribution < 1.29 is 22.4 Å². The van der Waals surface area contributed by atoms with Gasteiger partial charge in [0.05, 0.1) is 0 Å². The normalized spacial score (nSPS) is 7.77. The maximum Gasteiger partial charge on any atom is 0 e. The van der Waals surface area contributed by atoms with E-state index in [4.69, 9.17) is 0 Å². The minimum absolute atomic E-state index is 0.